The Hall–Kier alpha value is -3.35. The molecule has 0 aromatic carbocycles. The molecule has 112 valence electrons. The monoisotopic (exact) mass is 307 g/mol. The molecule has 4 aromatic rings. The van der Waals surface area contributed by atoms with Gasteiger partial charge in [0.2, 0.25) is 5.95 Å². The number of fused-ring (bicyclic) bond motifs is 3. The topological polar surface area (TPSA) is 83.6 Å². The average molecular weight is 307 g/mol. The Balaban J connectivity index is 1.67. The van der Waals surface area contributed by atoms with Crippen LogP contribution in [0.2, 0.25) is 0 Å². The zero-order valence-electron chi connectivity index (χ0n) is 11.7. The molecule has 0 aliphatic rings. The van der Waals surface area contributed by atoms with E-state index in [9.17, 15) is 9.18 Å². The molecule has 0 saturated heterocycles. The van der Waals surface area contributed by atoms with E-state index in [-0.39, 0.29) is 5.56 Å². The van der Waals surface area contributed by atoms with Crippen LogP contribution >= 0.6 is 0 Å². The lowest BCUT2D eigenvalue weighted by molar-refractivity contribution is 0.102. The minimum atomic E-state index is -0.632. The van der Waals surface area contributed by atoms with Crippen molar-refractivity contribution >= 4 is 33.7 Å². The average Bonchev–Trinajstić information content (AvgIpc) is 2.93. The van der Waals surface area contributed by atoms with Crippen LogP contribution < -0.4 is 5.32 Å². The Morgan fingerprint density at radius 3 is 2.83 bits per heavy atom. The zero-order valence-corrected chi connectivity index (χ0v) is 11.7. The van der Waals surface area contributed by atoms with Gasteiger partial charge in [-0.2, -0.15) is 4.39 Å². The zero-order chi connectivity index (χ0) is 15.8. The molecule has 0 fully saturated rings. The van der Waals surface area contributed by atoms with E-state index in [0.29, 0.717) is 11.5 Å². The van der Waals surface area contributed by atoms with Crippen molar-refractivity contribution in [3.63, 3.8) is 0 Å². The Morgan fingerprint density at radius 2 is 2.00 bits per heavy atom. The normalized spacial score (nSPS) is 11.0. The number of nitrogens with zero attached hydrogens (tertiary/aromatic N) is 3. The molecule has 7 heteroatoms. The minimum absolute atomic E-state index is 0.258. The highest BCUT2D eigenvalue weighted by molar-refractivity contribution is 6.07. The van der Waals surface area contributed by atoms with E-state index in [0.717, 1.165) is 22.4 Å². The van der Waals surface area contributed by atoms with Crippen molar-refractivity contribution in [1.29, 1.82) is 0 Å². The van der Waals surface area contributed by atoms with Crippen molar-refractivity contribution in [1.82, 2.24) is 19.9 Å². The highest BCUT2D eigenvalue weighted by atomic mass is 19.1. The van der Waals surface area contributed by atoms with Gasteiger partial charge in [-0.05, 0) is 30.3 Å². The third kappa shape index (κ3) is 2.38. The number of carbonyl (C=O) groups is 1. The molecule has 0 aliphatic carbocycles. The maximum absolute atomic E-state index is 12.8. The van der Waals surface area contributed by atoms with E-state index in [4.69, 9.17) is 0 Å². The van der Waals surface area contributed by atoms with Crippen LogP contribution in [0.1, 0.15) is 10.4 Å². The van der Waals surface area contributed by atoms with Crippen LogP contribution in [-0.4, -0.2) is 25.8 Å². The van der Waals surface area contributed by atoms with E-state index >= 15 is 0 Å². The predicted octanol–water partition coefficient (Wildman–Crippen LogP) is 2.90. The Bertz CT molecular complexity index is 1030. The number of hydrogen-bond acceptors (Lipinski definition) is 4. The van der Waals surface area contributed by atoms with Crippen LogP contribution in [0.3, 0.4) is 0 Å². The fourth-order valence-corrected chi connectivity index (χ4v) is 2.39. The van der Waals surface area contributed by atoms with Gasteiger partial charge in [-0.25, -0.2) is 9.97 Å². The number of hydrogen-bond donors (Lipinski definition) is 2. The molecule has 6 nitrogen and oxygen atoms in total. The molecular weight excluding hydrogens is 297 g/mol. The van der Waals surface area contributed by atoms with Gasteiger partial charge in [0, 0.05) is 29.4 Å². The Morgan fingerprint density at radius 1 is 1.09 bits per heavy atom. The second-order valence-electron chi connectivity index (χ2n) is 4.96. The van der Waals surface area contributed by atoms with Crippen molar-refractivity contribution in [2.75, 3.05) is 5.32 Å². The van der Waals surface area contributed by atoms with Crippen molar-refractivity contribution in [3.05, 3.63) is 60.4 Å². The number of halogens is 1. The van der Waals surface area contributed by atoms with Gasteiger partial charge in [-0.1, -0.05) is 0 Å². The van der Waals surface area contributed by atoms with Crippen LogP contribution in [0.15, 0.2) is 48.9 Å². The fraction of sp³-hybridized carbons (Fsp3) is 0. The van der Waals surface area contributed by atoms with E-state index in [1.807, 2.05) is 12.1 Å². The molecule has 4 rings (SSSR count). The van der Waals surface area contributed by atoms with Gasteiger partial charge in [0.1, 0.15) is 11.5 Å². The number of H-pyrrole nitrogens is 1. The number of amides is 1. The molecule has 2 N–H and O–H groups in total. The van der Waals surface area contributed by atoms with Crippen LogP contribution in [0, 0.1) is 5.95 Å². The van der Waals surface area contributed by atoms with Gasteiger partial charge < -0.3 is 10.3 Å². The lowest BCUT2D eigenvalue weighted by Gasteiger charge is -2.04. The first-order chi connectivity index (χ1) is 11.2. The van der Waals surface area contributed by atoms with Crippen LogP contribution in [-0.2, 0) is 0 Å². The molecular formula is C16H10FN5O. The molecule has 1 amide bonds. The second kappa shape index (κ2) is 5.13. The molecule has 23 heavy (non-hydrogen) atoms. The lowest BCUT2D eigenvalue weighted by Crippen LogP contribution is -2.13. The smallest absolute Gasteiger partial charge is 0.258 e. The summed E-state index contributed by atoms with van der Waals surface area (Å²) in [5, 5.41) is 4.56. The summed E-state index contributed by atoms with van der Waals surface area (Å²) in [6.45, 7) is 0. The first-order valence-corrected chi connectivity index (χ1v) is 6.86. The molecule has 0 atom stereocenters. The number of pyridine rings is 3. The first-order valence-electron chi connectivity index (χ1n) is 6.86. The lowest BCUT2D eigenvalue weighted by atomic mass is 10.2. The van der Waals surface area contributed by atoms with Gasteiger partial charge in [0.25, 0.3) is 5.91 Å². The molecule has 0 radical (unpaired) electrons. The standard InChI is InChI=1S/C16H10FN5O/c17-13-3-1-9(7-19-13)16(23)22-14-4-2-10-11-8-18-6-5-12(11)20-15(10)21-14/h1-8H,(H2,20,21,22,23). The van der Waals surface area contributed by atoms with Gasteiger partial charge in [0.05, 0.1) is 11.1 Å². The highest BCUT2D eigenvalue weighted by Crippen LogP contribution is 2.24. The van der Waals surface area contributed by atoms with Crippen molar-refractivity contribution in [2.45, 2.75) is 0 Å². The Kier molecular flexibility index (Phi) is 2.97. The summed E-state index contributed by atoms with van der Waals surface area (Å²) in [4.78, 5) is 27.2. The van der Waals surface area contributed by atoms with Gasteiger partial charge in [-0.15, -0.1) is 0 Å². The van der Waals surface area contributed by atoms with Crippen LogP contribution in [0.25, 0.3) is 21.9 Å². The quantitative estimate of drug-likeness (QED) is 0.558. The van der Waals surface area contributed by atoms with E-state index in [1.54, 1.807) is 18.5 Å². The number of aromatic nitrogens is 4. The maximum atomic E-state index is 12.8. The van der Waals surface area contributed by atoms with Crippen LogP contribution in [0.5, 0.6) is 0 Å². The fourth-order valence-electron chi connectivity index (χ4n) is 2.39. The minimum Gasteiger partial charge on any atom is -0.339 e. The summed E-state index contributed by atoms with van der Waals surface area (Å²) in [5.74, 6) is -0.638. The van der Waals surface area contributed by atoms with Crippen molar-refractivity contribution in [2.24, 2.45) is 0 Å². The Labute approximate surface area is 129 Å². The third-order valence-electron chi connectivity index (χ3n) is 3.49. The summed E-state index contributed by atoms with van der Waals surface area (Å²) in [6, 6.07) is 7.93. The molecule has 4 aromatic heterocycles. The molecule has 0 unspecified atom stereocenters. The van der Waals surface area contributed by atoms with Crippen LogP contribution in [0.4, 0.5) is 10.2 Å². The first kappa shape index (κ1) is 13.3. The third-order valence-corrected chi connectivity index (χ3v) is 3.49. The summed E-state index contributed by atoms with van der Waals surface area (Å²) in [7, 11) is 0. The molecule has 0 aliphatic heterocycles. The largest absolute Gasteiger partial charge is 0.339 e. The van der Waals surface area contributed by atoms with Gasteiger partial charge in [0.15, 0.2) is 0 Å². The highest BCUT2D eigenvalue weighted by Gasteiger charge is 2.10. The molecule has 0 saturated carbocycles. The molecule has 4 heterocycles. The number of anilines is 1. The van der Waals surface area contributed by atoms with E-state index in [2.05, 4.69) is 25.3 Å². The summed E-state index contributed by atoms with van der Waals surface area (Å²) in [5.41, 5.74) is 1.84. The second-order valence-corrected chi connectivity index (χ2v) is 4.96. The maximum Gasteiger partial charge on any atom is 0.258 e. The summed E-state index contributed by atoms with van der Waals surface area (Å²) < 4.78 is 12.8. The van der Waals surface area contributed by atoms with E-state index in [1.165, 1.54) is 12.3 Å². The van der Waals surface area contributed by atoms with Crippen molar-refractivity contribution < 1.29 is 9.18 Å². The summed E-state index contributed by atoms with van der Waals surface area (Å²) in [6.07, 6.45) is 4.64. The van der Waals surface area contributed by atoms with Gasteiger partial charge in [-0.3, -0.25) is 9.78 Å². The van der Waals surface area contributed by atoms with Gasteiger partial charge >= 0.3 is 0 Å². The number of rotatable bonds is 2. The van der Waals surface area contributed by atoms with E-state index < -0.39 is 11.9 Å². The number of aromatic amines is 1. The predicted molar refractivity (Wildman–Crippen MR) is 83.5 cm³/mol. The molecule has 0 spiro atoms. The SMILES string of the molecule is O=C(Nc1ccc2c(n1)[nH]c1ccncc12)c1ccc(F)nc1. The number of nitrogens with one attached hydrogen (secondary N) is 2. The summed E-state index contributed by atoms with van der Waals surface area (Å²) >= 11 is 0. The number of carbonyl (C=O) groups excluding carboxylic acids is 1. The van der Waals surface area contributed by atoms with Crippen molar-refractivity contribution in [3.8, 4) is 0 Å². The molecule has 0 bridgehead atoms.